The average molecular weight is 145 g/mol. The molecule has 0 saturated heterocycles. The van der Waals surface area contributed by atoms with Gasteiger partial charge in [0.05, 0.1) is 7.11 Å². The minimum Gasteiger partial charge on any atom is -0.484 e. The van der Waals surface area contributed by atoms with E-state index in [0.717, 1.165) is 0 Å². The molecule has 0 aliphatic rings. The molecule has 0 heterocycles. The van der Waals surface area contributed by atoms with Gasteiger partial charge >= 0.3 is 0 Å². The molecule has 0 radical (unpaired) electrons. The molecule has 0 aromatic carbocycles. The molecule has 42 valence electrons. The summed E-state index contributed by atoms with van der Waals surface area (Å²) >= 11 is 9.63. The zero-order valence-corrected chi connectivity index (χ0v) is 5.05. The topological polar surface area (TPSA) is 9.23 Å². The summed E-state index contributed by atoms with van der Waals surface area (Å²) in [6, 6.07) is 0. The van der Waals surface area contributed by atoms with Crippen LogP contribution in [0.15, 0.2) is 10.5 Å². The first kappa shape index (κ1) is 7.05. The van der Waals surface area contributed by atoms with Crippen molar-refractivity contribution in [2.75, 3.05) is 7.11 Å². The third kappa shape index (κ3) is 2.71. The average Bonchev–Trinajstić information content (AvgIpc) is 1.65. The summed E-state index contributed by atoms with van der Waals surface area (Å²) < 4.78 is 15.6. The Labute approximate surface area is 50.7 Å². The Morgan fingerprint density at radius 2 is 2.00 bits per heavy atom. The Bertz CT molecular complexity index is 86.9. The van der Waals surface area contributed by atoms with Crippen LogP contribution in [0, 0.1) is 0 Å². The minimum absolute atomic E-state index is 0.415. The SMILES string of the molecule is CO/C(Cl)=C(/F)Cl. The molecule has 0 bridgehead atoms. The maximum absolute atomic E-state index is 11.5. The molecule has 4 heteroatoms. The lowest BCUT2D eigenvalue weighted by Gasteiger charge is -1.90. The standard InChI is InChI=1S/C3H3Cl2FO/c1-7-3(5)2(4)6/h1H3/b3-2+. The Balaban J connectivity index is 3.72. The monoisotopic (exact) mass is 144 g/mol. The van der Waals surface area contributed by atoms with Crippen LogP contribution in [0.2, 0.25) is 0 Å². The van der Waals surface area contributed by atoms with E-state index in [4.69, 9.17) is 11.6 Å². The van der Waals surface area contributed by atoms with Crippen LogP contribution < -0.4 is 0 Å². The normalized spacial score (nSPS) is 13.1. The lowest BCUT2D eigenvalue weighted by Crippen LogP contribution is -1.73. The van der Waals surface area contributed by atoms with Crippen molar-refractivity contribution in [3.05, 3.63) is 10.5 Å². The molecule has 7 heavy (non-hydrogen) atoms. The predicted octanol–water partition coefficient (Wildman–Crippen LogP) is 2.21. The summed E-state index contributed by atoms with van der Waals surface area (Å²) in [5, 5.41) is -1.44. The van der Waals surface area contributed by atoms with Crippen molar-refractivity contribution in [2.45, 2.75) is 0 Å². The maximum Gasteiger partial charge on any atom is 0.243 e. The summed E-state index contributed by atoms with van der Waals surface area (Å²) in [4.78, 5) is 0. The van der Waals surface area contributed by atoms with E-state index >= 15 is 0 Å². The molecule has 0 aromatic rings. The maximum atomic E-state index is 11.5. The van der Waals surface area contributed by atoms with Gasteiger partial charge in [0.1, 0.15) is 0 Å². The first-order valence-electron chi connectivity index (χ1n) is 1.43. The third-order valence-electron chi connectivity index (χ3n) is 0.328. The second kappa shape index (κ2) is 3.10. The molecule has 0 aliphatic carbocycles. The Hall–Kier alpha value is 0.0500. The first-order valence-corrected chi connectivity index (χ1v) is 2.19. The second-order valence-electron chi connectivity index (χ2n) is 0.738. The van der Waals surface area contributed by atoms with E-state index in [9.17, 15) is 4.39 Å². The van der Waals surface area contributed by atoms with Crippen molar-refractivity contribution in [1.82, 2.24) is 0 Å². The highest BCUT2D eigenvalue weighted by molar-refractivity contribution is 6.37. The van der Waals surface area contributed by atoms with Crippen LogP contribution >= 0.6 is 23.2 Å². The molecule has 0 amide bonds. The highest BCUT2D eigenvalue weighted by Crippen LogP contribution is 2.13. The van der Waals surface area contributed by atoms with Gasteiger partial charge in [-0.2, -0.15) is 4.39 Å². The lowest BCUT2D eigenvalue weighted by atomic mass is 11.1. The zero-order valence-electron chi connectivity index (χ0n) is 3.54. The van der Waals surface area contributed by atoms with Crippen LogP contribution in [0.25, 0.3) is 0 Å². The van der Waals surface area contributed by atoms with Crippen molar-refractivity contribution in [3.63, 3.8) is 0 Å². The Kier molecular flexibility index (Phi) is 3.13. The van der Waals surface area contributed by atoms with E-state index < -0.39 is 10.5 Å². The van der Waals surface area contributed by atoms with E-state index in [1.165, 1.54) is 7.11 Å². The summed E-state index contributed by atoms with van der Waals surface area (Å²) in [6.07, 6.45) is 0. The van der Waals surface area contributed by atoms with Gasteiger partial charge in [0.15, 0.2) is 0 Å². The summed E-state index contributed by atoms with van der Waals surface area (Å²) in [5.74, 6) is 0. The summed E-state index contributed by atoms with van der Waals surface area (Å²) in [7, 11) is 1.23. The lowest BCUT2D eigenvalue weighted by molar-refractivity contribution is 0.311. The Morgan fingerprint density at radius 3 is 2.00 bits per heavy atom. The molecule has 0 rings (SSSR count). The molecule has 0 fully saturated rings. The smallest absolute Gasteiger partial charge is 0.243 e. The van der Waals surface area contributed by atoms with Crippen molar-refractivity contribution in [3.8, 4) is 0 Å². The van der Waals surface area contributed by atoms with E-state index in [1.54, 1.807) is 0 Å². The van der Waals surface area contributed by atoms with E-state index in [2.05, 4.69) is 16.3 Å². The van der Waals surface area contributed by atoms with Crippen LogP contribution in [0.1, 0.15) is 0 Å². The molecular formula is C3H3Cl2FO. The van der Waals surface area contributed by atoms with Gasteiger partial charge in [-0.05, 0) is 23.2 Å². The number of halogens is 3. The fraction of sp³-hybridized carbons (Fsp3) is 0.333. The summed E-state index contributed by atoms with van der Waals surface area (Å²) in [5.41, 5.74) is 0. The van der Waals surface area contributed by atoms with Crippen LogP contribution in [0.4, 0.5) is 4.39 Å². The molecule has 0 aliphatic heterocycles. The Morgan fingerprint density at radius 1 is 1.57 bits per heavy atom. The quantitative estimate of drug-likeness (QED) is 0.514. The largest absolute Gasteiger partial charge is 0.484 e. The van der Waals surface area contributed by atoms with Gasteiger partial charge in [0.2, 0.25) is 10.5 Å². The predicted molar refractivity (Wildman–Crippen MR) is 26.8 cm³/mol. The second-order valence-corrected chi connectivity index (χ2v) is 1.41. The molecule has 0 atom stereocenters. The number of ether oxygens (including phenoxy) is 1. The van der Waals surface area contributed by atoms with Crippen molar-refractivity contribution in [1.29, 1.82) is 0 Å². The van der Waals surface area contributed by atoms with Gasteiger partial charge in [-0.25, -0.2) is 0 Å². The molecule has 0 saturated carbocycles. The van der Waals surface area contributed by atoms with E-state index in [-0.39, 0.29) is 0 Å². The number of hydrogen-bond donors (Lipinski definition) is 0. The molecule has 0 N–H and O–H groups in total. The van der Waals surface area contributed by atoms with Gasteiger partial charge in [-0.15, -0.1) is 0 Å². The van der Waals surface area contributed by atoms with Crippen LogP contribution in [-0.4, -0.2) is 7.11 Å². The van der Waals surface area contributed by atoms with Crippen molar-refractivity contribution >= 4 is 23.2 Å². The van der Waals surface area contributed by atoms with Crippen LogP contribution in [-0.2, 0) is 4.74 Å². The van der Waals surface area contributed by atoms with Gasteiger partial charge in [0.25, 0.3) is 0 Å². The third-order valence-corrected chi connectivity index (χ3v) is 0.916. The van der Waals surface area contributed by atoms with E-state index in [1.807, 2.05) is 0 Å². The molecule has 0 spiro atoms. The fourth-order valence-corrected chi connectivity index (χ4v) is 0.154. The van der Waals surface area contributed by atoms with Gasteiger partial charge < -0.3 is 4.74 Å². The first-order chi connectivity index (χ1) is 3.18. The molecule has 0 aromatic heterocycles. The van der Waals surface area contributed by atoms with Crippen LogP contribution in [0.5, 0.6) is 0 Å². The molecule has 1 nitrogen and oxygen atoms in total. The highest BCUT2D eigenvalue weighted by Gasteiger charge is 1.95. The van der Waals surface area contributed by atoms with E-state index in [0.29, 0.717) is 0 Å². The zero-order chi connectivity index (χ0) is 5.86. The molecule has 0 unspecified atom stereocenters. The van der Waals surface area contributed by atoms with Gasteiger partial charge in [-0.3, -0.25) is 0 Å². The van der Waals surface area contributed by atoms with Crippen molar-refractivity contribution < 1.29 is 9.13 Å². The van der Waals surface area contributed by atoms with Gasteiger partial charge in [-0.1, -0.05) is 0 Å². The number of hydrogen-bond acceptors (Lipinski definition) is 1. The number of methoxy groups -OCH3 is 1. The van der Waals surface area contributed by atoms with Crippen molar-refractivity contribution in [2.24, 2.45) is 0 Å². The minimum atomic E-state index is -1.02. The molecular weight excluding hydrogens is 142 g/mol. The van der Waals surface area contributed by atoms with Gasteiger partial charge in [0, 0.05) is 0 Å². The van der Waals surface area contributed by atoms with Crippen LogP contribution in [0.3, 0.4) is 0 Å². The highest BCUT2D eigenvalue weighted by atomic mass is 35.5. The summed E-state index contributed by atoms with van der Waals surface area (Å²) in [6.45, 7) is 0. The number of rotatable bonds is 1. The fourth-order valence-electron chi connectivity index (χ4n) is 0.0772.